The Labute approximate surface area is 268 Å². The number of alkyl carbamates (subject to hydrolysis) is 1. The minimum absolute atomic E-state index is 0.0171. The average Bonchev–Trinajstić information content (AvgIpc) is 3.06. The second kappa shape index (κ2) is 17.9. The van der Waals surface area contributed by atoms with Gasteiger partial charge in [-0.1, -0.05) is 48.5 Å². The van der Waals surface area contributed by atoms with Gasteiger partial charge < -0.3 is 40.4 Å². The quantitative estimate of drug-likeness (QED) is 0.392. The van der Waals surface area contributed by atoms with Crippen molar-refractivity contribution in [2.75, 3.05) is 52.6 Å². The van der Waals surface area contributed by atoms with Gasteiger partial charge in [0.05, 0.1) is 25.4 Å². The summed E-state index contributed by atoms with van der Waals surface area (Å²) in [6.07, 6.45) is 0.722. The first-order valence-electron chi connectivity index (χ1n) is 15.7. The molecule has 2 saturated heterocycles. The Hall–Kier alpha value is -4.49. The summed E-state index contributed by atoms with van der Waals surface area (Å²) in [7, 11) is 0. The molecule has 2 heterocycles. The zero-order valence-electron chi connectivity index (χ0n) is 26.0. The highest BCUT2D eigenvalue weighted by Crippen LogP contribution is 2.27. The minimum atomic E-state index is -0.886. The van der Waals surface area contributed by atoms with Gasteiger partial charge in [-0.05, 0) is 43.4 Å². The fourth-order valence-corrected chi connectivity index (χ4v) is 5.41. The van der Waals surface area contributed by atoms with Gasteiger partial charge >= 0.3 is 6.09 Å². The van der Waals surface area contributed by atoms with E-state index in [9.17, 15) is 24.0 Å². The van der Waals surface area contributed by atoms with E-state index in [1.165, 1.54) is 0 Å². The fraction of sp³-hybridized carbons (Fsp3) is 0.485. The Morgan fingerprint density at radius 1 is 0.870 bits per heavy atom. The number of ether oxygens (including phenoxy) is 3. The summed E-state index contributed by atoms with van der Waals surface area (Å²) in [5.41, 5.74) is 0.542. The molecule has 1 atom stereocenters. The van der Waals surface area contributed by atoms with Gasteiger partial charge in [0.15, 0.2) is 0 Å². The highest BCUT2D eigenvalue weighted by Gasteiger charge is 2.39. The van der Waals surface area contributed by atoms with Crippen molar-refractivity contribution in [1.29, 1.82) is 0 Å². The first-order chi connectivity index (χ1) is 22.3. The first-order valence-corrected chi connectivity index (χ1v) is 15.7. The zero-order chi connectivity index (χ0) is 32.6. The number of nitrogens with one attached hydrogen (secondary N) is 4. The lowest BCUT2D eigenvalue weighted by Crippen LogP contribution is -2.58. The highest BCUT2D eigenvalue weighted by atomic mass is 16.5. The summed E-state index contributed by atoms with van der Waals surface area (Å²) in [5, 5.41) is 11.3. The third-order valence-electron chi connectivity index (χ3n) is 7.90. The SMILES string of the molecule is O=C1CC2(CCN(C(=O)c3ccccc3)CC2)NC(=O)COCCOCCNC(=O)[C@@H](NC(=O)OCc2ccccc2)CCCN1. The molecule has 4 rings (SSSR count). The Balaban J connectivity index is 1.35. The maximum atomic E-state index is 13.1. The number of likely N-dealkylation sites (tertiary alicyclic amines) is 1. The number of benzene rings is 2. The molecule has 5 amide bonds. The lowest BCUT2D eigenvalue weighted by molar-refractivity contribution is -0.130. The van der Waals surface area contributed by atoms with Crippen molar-refractivity contribution in [2.24, 2.45) is 0 Å². The molecule has 4 N–H and O–H groups in total. The number of hydrogen-bond donors (Lipinski definition) is 4. The molecule has 13 nitrogen and oxygen atoms in total. The summed E-state index contributed by atoms with van der Waals surface area (Å²) >= 11 is 0. The van der Waals surface area contributed by atoms with Crippen LogP contribution in [0.5, 0.6) is 0 Å². The van der Waals surface area contributed by atoms with Crippen LogP contribution in [0.15, 0.2) is 60.7 Å². The fourth-order valence-electron chi connectivity index (χ4n) is 5.41. The Bertz CT molecular complexity index is 1300. The van der Waals surface area contributed by atoms with Gasteiger partial charge in [0.1, 0.15) is 19.3 Å². The number of piperidine rings is 1. The van der Waals surface area contributed by atoms with E-state index in [2.05, 4.69) is 21.3 Å². The molecule has 2 aromatic rings. The standard InChI is InChI=1S/C33H43N5O8/c39-28-22-33(13-17-38(18-14-33)31(42)26-10-5-2-6-11-26)37-29(40)24-45-21-20-44-19-16-35-30(41)27(12-7-15-34-28)36-32(43)46-23-25-8-3-1-4-9-25/h1-6,8-11,27H,7,12-24H2,(H,34,39)(H,35,41)(H,36,43)(H,37,40)/t27-/m0/s1. The Morgan fingerprint density at radius 2 is 1.57 bits per heavy atom. The van der Waals surface area contributed by atoms with Gasteiger partial charge in [0, 0.05) is 38.2 Å². The molecule has 13 heteroatoms. The maximum Gasteiger partial charge on any atom is 0.408 e. The number of carbonyl (C=O) groups excluding carboxylic acids is 5. The monoisotopic (exact) mass is 637 g/mol. The van der Waals surface area contributed by atoms with Crippen LogP contribution >= 0.6 is 0 Å². The smallest absolute Gasteiger partial charge is 0.408 e. The molecule has 0 aromatic heterocycles. The minimum Gasteiger partial charge on any atom is -0.445 e. The molecule has 0 aliphatic carbocycles. The van der Waals surface area contributed by atoms with Gasteiger partial charge in [-0.15, -0.1) is 0 Å². The van der Waals surface area contributed by atoms with Crippen molar-refractivity contribution in [3.8, 4) is 0 Å². The van der Waals surface area contributed by atoms with E-state index < -0.39 is 23.6 Å². The van der Waals surface area contributed by atoms with Gasteiger partial charge in [0.2, 0.25) is 17.7 Å². The van der Waals surface area contributed by atoms with E-state index in [1.807, 2.05) is 48.5 Å². The molecule has 248 valence electrons. The lowest BCUT2D eigenvalue weighted by Gasteiger charge is -2.42. The van der Waals surface area contributed by atoms with E-state index in [0.717, 1.165) is 5.56 Å². The van der Waals surface area contributed by atoms with Crippen LogP contribution in [0.3, 0.4) is 0 Å². The highest BCUT2D eigenvalue weighted by molar-refractivity contribution is 5.94. The van der Waals surface area contributed by atoms with E-state index >= 15 is 0 Å². The lowest BCUT2D eigenvalue weighted by atomic mass is 9.83. The van der Waals surface area contributed by atoms with E-state index in [-0.39, 0.29) is 76.7 Å². The second-order valence-electron chi connectivity index (χ2n) is 11.4. The van der Waals surface area contributed by atoms with E-state index in [1.54, 1.807) is 17.0 Å². The molecule has 2 aromatic carbocycles. The van der Waals surface area contributed by atoms with Crippen molar-refractivity contribution in [1.82, 2.24) is 26.2 Å². The molecular formula is C33H43N5O8. The van der Waals surface area contributed by atoms with Crippen molar-refractivity contribution < 1.29 is 38.2 Å². The van der Waals surface area contributed by atoms with Crippen LogP contribution in [-0.2, 0) is 35.2 Å². The van der Waals surface area contributed by atoms with Crippen molar-refractivity contribution in [2.45, 2.75) is 50.3 Å². The predicted octanol–water partition coefficient (Wildman–Crippen LogP) is 1.52. The molecule has 0 bridgehead atoms. The summed E-state index contributed by atoms with van der Waals surface area (Å²) in [4.78, 5) is 66.1. The van der Waals surface area contributed by atoms with Gasteiger partial charge in [-0.25, -0.2) is 4.79 Å². The summed E-state index contributed by atoms with van der Waals surface area (Å²) in [6, 6.07) is 17.3. The van der Waals surface area contributed by atoms with Crippen molar-refractivity contribution >= 4 is 29.7 Å². The van der Waals surface area contributed by atoms with Crippen molar-refractivity contribution in [3.63, 3.8) is 0 Å². The summed E-state index contributed by atoms with van der Waals surface area (Å²) in [5.74, 6) is -1.12. The topological polar surface area (TPSA) is 164 Å². The average molecular weight is 638 g/mol. The molecular weight excluding hydrogens is 594 g/mol. The largest absolute Gasteiger partial charge is 0.445 e. The van der Waals surface area contributed by atoms with Crippen LogP contribution in [0.4, 0.5) is 4.79 Å². The predicted molar refractivity (Wildman–Crippen MR) is 168 cm³/mol. The van der Waals surface area contributed by atoms with Crippen molar-refractivity contribution in [3.05, 3.63) is 71.8 Å². The molecule has 0 saturated carbocycles. The number of hydrogen-bond acceptors (Lipinski definition) is 8. The molecule has 1 spiro atoms. The third-order valence-corrected chi connectivity index (χ3v) is 7.90. The summed E-state index contributed by atoms with van der Waals surface area (Å²) in [6.45, 7) is 1.64. The molecule has 46 heavy (non-hydrogen) atoms. The van der Waals surface area contributed by atoms with Crippen LogP contribution in [0.1, 0.15) is 48.0 Å². The Kier molecular flexibility index (Phi) is 13.3. The van der Waals surface area contributed by atoms with Gasteiger partial charge in [-0.2, -0.15) is 0 Å². The van der Waals surface area contributed by atoms with E-state index in [0.29, 0.717) is 37.9 Å². The Morgan fingerprint density at radius 3 is 2.30 bits per heavy atom. The van der Waals surface area contributed by atoms with Gasteiger partial charge in [-0.3, -0.25) is 19.2 Å². The van der Waals surface area contributed by atoms with Gasteiger partial charge in [0.25, 0.3) is 5.91 Å². The van der Waals surface area contributed by atoms with Crippen LogP contribution in [0.2, 0.25) is 0 Å². The van der Waals surface area contributed by atoms with Crippen LogP contribution in [0.25, 0.3) is 0 Å². The number of amides is 5. The van der Waals surface area contributed by atoms with Crippen LogP contribution < -0.4 is 21.3 Å². The number of nitrogens with zero attached hydrogens (tertiary/aromatic N) is 1. The molecule has 2 aliphatic rings. The number of carbonyl (C=O) groups is 5. The maximum absolute atomic E-state index is 13.1. The van der Waals surface area contributed by atoms with Crippen LogP contribution in [0, 0.1) is 0 Å². The summed E-state index contributed by atoms with van der Waals surface area (Å²) < 4.78 is 16.3. The first kappa shape index (κ1) is 34.4. The zero-order valence-corrected chi connectivity index (χ0v) is 26.0. The molecule has 2 fully saturated rings. The third kappa shape index (κ3) is 11.1. The number of rotatable bonds is 4. The normalized spacial score (nSPS) is 20.6. The second-order valence-corrected chi connectivity index (χ2v) is 11.4. The van der Waals surface area contributed by atoms with Crippen LogP contribution in [-0.4, -0.2) is 98.8 Å². The molecule has 0 radical (unpaired) electrons. The molecule has 2 aliphatic heterocycles. The van der Waals surface area contributed by atoms with E-state index in [4.69, 9.17) is 14.2 Å². The molecule has 0 unspecified atom stereocenters.